The zero-order chi connectivity index (χ0) is 18.4. The van der Waals surface area contributed by atoms with E-state index in [1.807, 2.05) is 7.05 Å². The lowest BCUT2D eigenvalue weighted by Crippen LogP contribution is -2.48. The molecule has 5 nitrogen and oxygen atoms in total. The van der Waals surface area contributed by atoms with Gasteiger partial charge in [-0.15, -0.1) is 11.3 Å². The van der Waals surface area contributed by atoms with Crippen LogP contribution in [0.4, 0.5) is 4.79 Å². The van der Waals surface area contributed by atoms with Gasteiger partial charge in [0.1, 0.15) is 0 Å². The Labute approximate surface area is 160 Å². The van der Waals surface area contributed by atoms with Crippen LogP contribution in [0.3, 0.4) is 0 Å². The van der Waals surface area contributed by atoms with Crippen molar-refractivity contribution in [2.45, 2.75) is 51.0 Å². The molecule has 2 N–H and O–H groups in total. The van der Waals surface area contributed by atoms with Gasteiger partial charge < -0.3 is 20.1 Å². The predicted molar refractivity (Wildman–Crippen MR) is 104 cm³/mol. The second-order valence-electron chi connectivity index (χ2n) is 7.97. The Kier molecular flexibility index (Phi) is 6.95. The SMILES string of the molecule is CN(CC1(CO)CCOCC1)C(=O)NC(c1cccs1)C1CCCCC1. The van der Waals surface area contributed by atoms with Crippen LogP contribution in [0.5, 0.6) is 0 Å². The summed E-state index contributed by atoms with van der Waals surface area (Å²) in [5.41, 5.74) is -0.229. The maximum atomic E-state index is 12.9. The van der Waals surface area contributed by atoms with Crippen molar-refractivity contribution in [3.05, 3.63) is 22.4 Å². The van der Waals surface area contributed by atoms with Gasteiger partial charge >= 0.3 is 6.03 Å². The first-order chi connectivity index (χ1) is 12.6. The molecule has 0 radical (unpaired) electrons. The van der Waals surface area contributed by atoms with Crippen LogP contribution < -0.4 is 5.32 Å². The highest BCUT2D eigenvalue weighted by molar-refractivity contribution is 7.10. The molecule has 0 bridgehead atoms. The molecule has 1 aromatic heterocycles. The molecule has 2 fully saturated rings. The number of carbonyl (C=O) groups is 1. The van der Waals surface area contributed by atoms with E-state index < -0.39 is 0 Å². The van der Waals surface area contributed by atoms with E-state index in [0.717, 1.165) is 12.8 Å². The second kappa shape index (κ2) is 9.20. The number of aliphatic hydroxyl groups excluding tert-OH is 1. The number of amides is 2. The highest BCUT2D eigenvalue weighted by atomic mass is 32.1. The summed E-state index contributed by atoms with van der Waals surface area (Å²) in [4.78, 5) is 15.9. The average Bonchev–Trinajstić information content (AvgIpc) is 3.21. The fourth-order valence-corrected chi connectivity index (χ4v) is 5.22. The molecule has 1 aromatic rings. The highest BCUT2D eigenvalue weighted by Gasteiger charge is 2.35. The predicted octanol–water partition coefficient (Wildman–Crippen LogP) is 3.80. The van der Waals surface area contributed by atoms with Gasteiger partial charge in [0.05, 0.1) is 12.6 Å². The van der Waals surface area contributed by atoms with E-state index in [1.165, 1.54) is 37.0 Å². The van der Waals surface area contributed by atoms with Gasteiger partial charge in [0.15, 0.2) is 0 Å². The summed E-state index contributed by atoms with van der Waals surface area (Å²) in [5, 5.41) is 15.3. The van der Waals surface area contributed by atoms with Gasteiger partial charge in [-0.05, 0) is 43.0 Å². The molecule has 2 heterocycles. The van der Waals surface area contributed by atoms with Crippen molar-refractivity contribution in [3.8, 4) is 0 Å². The summed E-state index contributed by atoms with van der Waals surface area (Å²) in [6.45, 7) is 2.00. The van der Waals surface area contributed by atoms with Crippen LogP contribution in [-0.4, -0.2) is 49.5 Å². The third-order valence-corrected chi connectivity index (χ3v) is 7.01. The molecule has 1 saturated carbocycles. The number of urea groups is 1. The van der Waals surface area contributed by atoms with E-state index in [2.05, 4.69) is 22.8 Å². The van der Waals surface area contributed by atoms with E-state index in [9.17, 15) is 9.90 Å². The Balaban J connectivity index is 1.64. The van der Waals surface area contributed by atoms with Gasteiger partial charge in [-0.1, -0.05) is 25.3 Å². The number of thiophene rings is 1. The maximum absolute atomic E-state index is 12.9. The molecule has 26 heavy (non-hydrogen) atoms. The van der Waals surface area contributed by atoms with Crippen LogP contribution in [-0.2, 0) is 4.74 Å². The Morgan fingerprint density at radius 1 is 1.38 bits per heavy atom. The van der Waals surface area contributed by atoms with Crippen molar-refractivity contribution in [2.24, 2.45) is 11.3 Å². The minimum Gasteiger partial charge on any atom is -0.396 e. The fourth-order valence-electron chi connectivity index (χ4n) is 4.35. The van der Waals surface area contributed by atoms with Crippen molar-refractivity contribution in [1.82, 2.24) is 10.2 Å². The zero-order valence-electron chi connectivity index (χ0n) is 15.8. The molecule has 0 aromatic carbocycles. The molecule has 1 aliphatic heterocycles. The Hall–Kier alpha value is -1.11. The smallest absolute Gasteiger partial charge is 0.317 e. The fraction of sp³-hybridized carbons (Fsp3) is 0.750. The molecule has 1 aliphatic carbocycles. The molecule has 1 saturated heterocycles. The van der Waals surface area contributed by atoms with E-state index in [1.54, 1.807) is 16.2 Å². The monoisotopic (exact) mass is 380 g/mol. The highest BCUT2D eigenvalue weighted by Crippen LogP contribution is 2.36. The Morgan fingerprint density at radius 2 is 2.12 bits per heavy atom. The van der Waals surface area contributed by atoms with Crippen LogP contribution in [0.2, 0.25) is 0 Å². The summed E-state index contributed by atoms with van der Waals surface area (Å²) in [6, 6.07) is 4.27. The van der Waals surface area contributed by atoms with E-state index in [4.69, 9.17) is 4.74 Å². The van der Waals surface area contributed by atoms with Crippen molar-refractivity contribution < 1.29 is 14.6 Å². The van der Waals surface area contributed by atoms with Gasteiger partial charge in [-0.3, -0.25) is 0 Å². The molecule has 0 spiro atoms. The average molecular weight is 381 g/mol. The maximum Gasteiger partial charge on any atom is 0.317 e. The Morgan fingerprint density at radius 3 is 2.73 bits per heavy atom. The summed E-state index contributed by atoms with van der Waals surface area (Å²) < 4.78 is 5.43. The lowest BCUT2D eigenvalue weighted by atomic mass is 9.80. The van der Waals surface area contributed by atoms with Crippen molar-refractivity contribution in [3.63, 3.8) is 0 Å². The van der Waals surface area contributed by atoms with Crippen LogP contribution in [0.15, 0.2) is 17.5 Å². The molecule has 2 amide bonds. The quantitative estimate of drug-likeness (QED) is 0.789. The van der Waals surface area contributed by atoms with Gasteiger partial charge in [0, 0.05) is 37.1 Å². The molecular formula is C20H32N2O3S. The van der Waals surface area contributed by atoms with E-state index >= 15 is 0 Å². The lowest BCUT2D eigenvalue weighted by molar-refractivity contribution is -0.0262. The second-order valence-corrected chi connectivity index (χ2v) is 8.95. The number of aliphatic hydroxyl groups is 1. The first-order valence-electron chi connectivity index (χ1n) is 9.87. The summed E-state index contributed by atoms with van der Waals surface area (Å²) in [5.74, 6) is 0.523. The van der Waals surface area contributed by atoms with Gasteiger partial charge in [0.2, 0.25) is 0 Å². The number of nitrogens with zero attached hydrogens (tertiary/aromatic N) is 1. The lowest BCUT2D eigenvalue weighted by Gasteiger charge is -2.39. The third-order valence-electron chi connectivity index (χ3n) is 6.06. The number of nitrogens with one attached hydrogen (secondary N) is 1. The minimum absolute atomic E-state index is 0.0340. The summed E-state index contributed by atoms with van der Waals surface area (Å²) in [7, 11) is 1.84. The third kappa shape index (κ3) is 4.78. The topological polar surface area (TPSA) is 61.8 Å². The van der Waals surface area contributed by atoms with Crippen LogP contribution >= 0.6 is 11.3 Å². The Bertz CT molecular complexity index is 551. The largest absolute Gasteiger partial charge is 0.396 e. The van der Waals surface area contributed by atoms with Crippen molar-refractivity contribution in [1.29, 1.82) is 0 Å². The van der Waals surface area contributed by atoms with E-state index in [-0.39, 0.29) is 24.1 Å². The van der Waals surface area contributed by atoms with Crippen LogP contribution in [0, 0.1) is 11.3 Å². The normalized spacial score (nSPS) is 21.9. The number of hydrogen-bond donors (Lipinski definition) is 2. The van der Waals surface area contributed by atoms with Crippen molar-refractivity contribution in [2.75, 3.05) is 33.4 Å². The first kappa shape index (κ1) is 19.6. The standard InChI is InChI=1S/C20H32N2O3S/c1-22(14-20(15-23)9-11-25-12-10-20)19(24)21-18(17-8-5-13-26-17)16-6-3-2-4-7-16/h5,8,13,16,18,23H,2-4,6-7,9-12,14-15H2,1H3,(H,21,24). The molecular weight excluding hydrogens is 348 g/mol. The van der Waals surface area contributed by atoms with Crippen LogP contribution in [0.25, 0.3) is 0 Å². The zero-order valence-corrected chi connectivity index (χ0v) is 16.6. The number of carbonyl (C=O) groups excluding carboxylic acids is 1. The minimum atomic E-state index is -0.229. The summed E-state index contributed by atoms with van der Waals surface area (Å²) >= 11 is 1.73. The molecule has 6 heteroatoms. The van der Waals surface area contributed by atoms with E-state index in [0.29, 0.717) is 25.7 Å². The molecule has 1 unspecified atom stereocenters. The van der Waals surface area contributed by atoms with Gasteiger partial charge in [-0.2, -0.15) is 0 Å². The summed E-state index contributed by atoms with van der Waals surface area (Å²) in [6.07, 6.45) is 7.80. The van der Waals surface area contributed by atoms with Crippen molar-refractivity contribution >= 4 is 17.4 Å². The molecule has 2 aliphatic rings. The molecule has 3 rings (SSSR count). The first-order valence-corrected chi connectivity index (χ1v) is 10.8. The molecule has 146 valence electrons. The van der Waals surface area contributed by atoms with Gasteiger partial charge in [-0.25, -0.2) is 4.79 Å². The number of rotatable bonds is 6. The molecule has 1 atom stereocenters. The number of hydrogen-bond acceptors (Lipinski definition) is 4. The van der Waals surface area contributed by atoms with Gasteiger partial charge in [0.25, 0.3) is 0 Å². The number of ether oxygens (including phenoxy) is 1. The van der Waals surface area contributed by atoms with Crippen LogP contribution in [0.1, 0.15) is 55.9 Å².